The minimum atomic E-state index is -1.19. The van der Waals surface area contributed by atoms with Gasteiger partial charge in [-0.25, -0.2) is 9.59 Å². The van der Waals surface area contributed by atoms with E-state index in [0.29, 0.717) is 10.6 Å². The zero-order valence-electron chi connectivity index (χ0n) is 10.4. The zero-order valence-corrected chi connectivity index (χ0v) is 11.1. The van der Waals surface area contributed by atoms with Crippen molar-refractivity contribution < 1.29 is 24.2 Å². The van der Waals surface area contributed by atoms with E-state index >= 15 is 0 Å². The summed E-state index contributed by atoms with van der Waals surface area (Å²) in [5, 5.41) is 13.2. The number of rotatable bonds is 6. The number of urea groups is 1. The van der Waals surface area contributed by atoms with Crippen LogP contribution in [-0.4, -0.2) is 36.2 Å². The molecule has 1 rings (SSSR count). The Kier molecular flexibility index (Phi) is 6.48. The van der Waals surface area contributed by atoms with Crippen LogP contribution in [-0.2, 0) is 20.9 Å². The van der Waals surface area contributed by atoms with E-state index in [9.17, 15) is 14.4 Å². The average molecular weight is 301 g/mol. The van der Waals surface area contributed by atoms with Gasteiger partial charge in [-0.15, -0.1) is 0 Å². The molecule has 0 saturated heterocycles. The molecule has 0 saturated carbocycles. The number of imide groups is 1. The Labute approximate surface area is 119 Å². The number of carbonyl (C=O) groups excluding carboxylic acids is 2. The molecule has 0 heterocycles. The number of carbonyl (C=O) groups is 3. The molecule has 1 aromatic carbocycles. The van der Waals surface area contributed by atoms with E-state index in [1.807, 2.05) is 5.32 Å². The fraction of sp³-hybridized carbons (Fsp3) is 0.250. The summed E-state index contributed by atoms with van der Waals surface area (Å²) in [7, 11) is 0. The van der Waals surface area contributed by atoms with Crippen LogP contribution < -0.4 is 10.6 Å². The first kappa shape index (κ1) is 15.9. The van der Waals surface area contributed by atoms with Gasteiger partial charge in [-0.1, -0.05) is 29.8 Å². The van der Waals surface area contributed by atoms with Gasteiger partial charge in [-0.2, -0.15) is 0 Å². The third kappa shape index (κ3) is 6.17. The number of aliphatic carboxylic acids is 1. The first-order chi connectivity index (χ1) is 9.49. The van der Waals surface area contributed by atoms with Crippen molar-refractivity contribution in [1.82, 2.24) is 10.6 Å². The van der Waals surface area contributed by atoms with Crippen molar-refractivity contribution in [3.8, 4) is 0 Å². The fourth-order valence-corrected chi connectivity index (χ4v) is 1.46. The summed E-state index contributed by atoms with van der Waals surface area (Å²) in [5.74, 6) is -1.93. The molecular formula is C12H13ClN2O5. The third-order valence-corrected chi connectivity index (χ3v) is 2.48. The second-order valence-electron chi connectivity index (χ2n) is 3.71. The fourth-order valence-electron chi connectivity index (χ4n) is 1.26. The van der Waals surface area contributed by atoms with Gasteiger partial charge < -0.3 is 15.2 Å². The molecule has 0 aliphatic carbocycles. The molecule has 0 spiro atoms. The normalized spacial score (nSPS) is 9.85. The molecule has 1 aromatic rings. The number of carboxylic acid groups (broad SMARTS) is 1. The number of nitrogens with one attached hydrogen (secondary N) is 2. The predicted octanol–water partition coefficient (Wildman–Crippen LogP) is 0.767. The van der Waals surface area contributed by atoms with Crippen LogP contribution in [0.25, 0.3) is 0 Å². The van der Waals surface area contributed by atoms with E-state index in [1.54, 1.807) is 24.3 Å². The molecule has 0 atom stereocenters. The van der Waals surface area contributed by atoms with E-state index in [-0.39, 0.29) is 6.54 Å². The van der Waals surface area contributed by atoms with E-state index in [2.05, 4.69) is 10.1 Å². The monoisotopic (exact) mass is 300 g/mol. The SMILES string of the molecule is O=C(O)COCC(=O)NC(=O)NCc1ccccc1Cl. The van der Waals surface area contributed by atoms with Crippen LogP contribution in [0.1, 0.15) is 5.56 Å². The smallest absolute Gasteiger partial charge is 0.329 e. The van der Waals surface area contributed by atoms with Gasteiger partial charge in [0.15, 0.2) is 0 Å². The number of halogens is 1. The molecule has 0 aliphatic heterocycles. The van der Waals surface area contributed by atoms with Crippen LogP contribution >= 0.6 is 11.6 Å². The standard InChI is InChI=1S/C12H13ClN2O5/c13-9-4-2-1-3-8(9)5-14-12(19)15-10(16)6-20-7-11(17)18/h1-4H,5-7H2,(H,17,18)(H2,14,15,16,19). The predicted molar refractivity (Wildman–Crippen MR) is 70.3 cm³/mol. The molecular weight excluding hydrogens is 288 g/mol. The van der Waals surface area contributed by atoms with Crippen molar-refractivity contribution in [1.29, 1.82) is 0 Å². The second kappa shape index (κ2) is 8.13. The first-order valence-corrected chi connectivity index (χ1v) is 5.97. The third-order valence-electron chi connectivity index (χ3n) is 2.11. The van der Waals surface area contributed by atoms with Crippen LogP contribution in [0.15, 0.2) is 24.3 Å². The topological polar surface area (TPSA) is 105 Å². The Morgan fingerprint density at radius 3 is 2.55 bits per heavy atom. The number of hydrogen-bond donors (Lipinski definition) is 3. The number of ether oxygens (including phenoxy) is 1. The number of benzene rings is 1. The summed E-state index contributed by atoms with van der Waals surface area (Å²) in [4.78, 5) is 32.7. The number of carboxylic acids is 1. The van der Waals surface area contributed by atoms with Crippen molar-refractivity contribution in [2.75, 3.05) is 13.2 Å². The van der Waals surface area contributed by atoms with Gasteiger partial charge in [-0.3, -0.25) is 10.1 Å². The molecule has 7 nitrogen and oxygen atoms in total. The Bertz CT molecular complexity index is 506. The average Bonchev–Trinajstić information content (AvgIpc) is 2.37. The summed E-state index contributed by atoms with van der Waals surface area (Å²) >= 11 is 5.90. The summed E-state index contributed by atoms with van der Waals surface area (Å²) in [6.45, 7) is -0.949. The number of amides is 3. The highest BCUT2D eigenvalue weighted by atomic mass is 35.5. The molecule has 20 heavy (non-hydrogen) atoms. The summed E-state index contributed by atoms with van der Waals surface area (Å²) < 4.78 is 4.53. The Morgan fingerprint density at radius 2 is 1.90 bits per heavy atom. The Morgan fingerprint density at radius 1 is 1.20 bits per heavy atom. The maximum absolute atomic E-state index is 11.4. The second-order valence-corrected chi connectivity index (χ2v) is 4.12. The van der Waals surface area contributed by atoms with Crippen molar-refractivity contribution >= 4 is 29.5 Å². The number of hydrogen-bond acceptors (Lipinski definition) is 4. The van der Waals surface area contributed by atoms with Gasteiger partial charge >= 0.3 is 12.0 Å². The van der Waals surface area contributed by atoms with Gasteiger partial charge in [0.1, 0.15) is 13.2 Å². The lowest BCUT2D eigenvalue weighted by molar-refractivity contribution is -0.143. The quantitative estimate of drug-likeness (QED) is 0.719. The lowest BCUT2D eigenvalue weighted by Crippen LogP contribution is -2.41. The van der Waals surface area contributed by atoms with Gasteiger partial charge in [0, 0.05) is 11.6 Å². The maximum atomic E-state index is 11.4. The lowest BCUT2D eigenvalue weighted by Gasteiger charge is -2.07. The van der Waals surface area contributed by atoms with Crippen molar-refractivity contribution in [3.63, 3.8) is 0 Å². The summed E-state index contributed by atoms with van der Waals surface area (Å²) in [5.41, 5.74) is 0.707. The highest BCUT2D eigenvalue weighted by molar-refractivity contribution is 6.31. The molecule has 108 valence electrons. The molecule has 0 fully saturated rings. The van der Waals surface area contributed by atoms with Crippen molar-refractivity contribution in [2.24, 2.45) is 0 Å². The molecule has 8 heteroatoms. The molecule has 0 bridgehead atoms. The summed E-state index contributed by atoms with van der Waals surface area (Å²) in [6.07, 6.45) is 0. The Balaban J connectivity index is 2.28. The zero-order chi connectivity index (χ0) is 15.0. The molecule has 3 N–H and O–H groups in total. The van der Waals surface area contributed by atoms with Crippen LogP contribution in [0, 0.1) is 0 Å². The Hall–Kier alpha value is -2.12. The van der Waals surface area contributed by atoms with Crippen LogP contribution in [0.3, 0.4) is 0 Å². The lowest BCUT2D eigenvalue weighted by atomic mass is 10.2. The van der Waals surface area contributed by atoms with E-state index in [0.717, 1.165) is 0 Å². The van der Waals surface area contributed by atoms with Gasteiger partial charge in [-0.05, 0) is 11.6 Å². The van der Waals surface area contributed by atoms with Gasteiger partial charge in [0.05, 0.1) is 0 Å². The largest absolute Gasteiger partial charge is 0.480 e. The van der Waals surface area contributed by atoms with Gasteiger partial charge in [0.25, 0.3) is 5.91 Å². The molecule has 0 radical (unpaired) electrons. The highest BCUT2D eigenvalue weighted by Gasteiger charge is 2.09. The van der Waals surface area contributed by atoms with Crippen LogP contribution in [0.5, 0.6) is 0 Å². The molecule has 0 aromatic heterocycles. The maximum Gasteiger partial charge on any atom is 0.329 e. The minimum Gasteiger partial charge on any atom is -0.480 e. The van der Waals surface area contributed by atoms with E-state index in [4.69, 9.17) is 16.7 Å². The summed E-state index contributed by atoms with van der Waals surface area (Å²) in [6, 6.07) is 6.23. The van der Waals surface area contributed by atoms with Crippen molar-refractivity contribution in [3.05, 3.63) is 34.9 Å². The van der Waals surface area contributed by atoms with E-state index in [1.165, 1.54) is 0 Å². The van der Waals surface area contributed by atoms with Gasteiger partial charge in [0.2, 0.25) is 0 Å². The first-order valence-electron chi connectivity index (χ1n) is 5.59. The molecule has 0 aliphatic rings. The van der Waals surface area contributed by atoms with Crippen LogP contribution in [0.4, 0.5) is 4.79 Å². The highest BCUT2D eigenvalue weighted by Crippen LogP contribution is 2.13. The minimum absolute atomic E-state index is 0.161. The van der Waals surface area contributed by atoms with Crippen molar-refractivity contribution in [2.45, 2.75) is 6.54 Å². The van der Waals surface area contributed by atoms with Crippen LogP contribution in [0.2, 0.25) is 5.02 Å². The van der Waals surface area contributed by atoms with E-state index < -0.39 is 31.1 Å². The molecule has 0 unspecified atom stereocenters. The molecule has 3 amide bonds.